The van der Waals surface area contributed by atoms with Crippen LogP contribution in [0.2, 0.25) is 0 Å². The third-order valence-electron chi connectivity index (χ3n) is 1.59. The van der Waals surface area contributed by atoms with Gasteiger partial charge < -0.3 is 10.2 Å². The molecule has 0 radical (unpaired) electrons. The van der Waals surface area contributed by atoms with Crippen LogP contribution in [-0.2, 0) is 4.79 Å². The summed E-state index contributed by atoms with van der Waals surface area (Å²) >= 11 is 0. The molecule has 1 amide bonds. The van der Waals surface area contributed by atoms with Crippen LogP contribution in [0.4, 0.5) is 0 Å². The lowest BCUT2D eigenvalue weighted by Gasteiger charge is -2.14. The molecule has 68 valence electrons. The van der Waals surface area contributed by atoms with Gasteiger partial charge in [0.2, 0.25) is 5.91 Å². The minimum Gasteiger partial charge on any atom is -0.345 e. The van der Waals surface area contributed by atoms with Gasteiger partial charge in [0, 0.05) is 26.6 Å². The Morgan fingerprint density at radius 1 is 1.67 bits per heavy atom. The van der Waals surface area contributed by atoms with E-state index in [0.29, 0.717) is 19.5 Å². The number of carbonyl (C=O) groups excluding carboxylic acids is 1. The molecule has 0 aliphatic heterocycles. The first-order valence-corrected chi connectivity index (χ1v) is 4.04. The van der Waals surface area contributed by atoms with Gasteiger partial charge in [-0.2, -0.15) is 5.26 Å². The quantitative estimate of drug-likeness (QED) is 0.588. The van der Waals surface area contributed by atoms with Crippen LogP contribution in [0.25, 0.3) is 0 Å². The van der Waals surface area contributed by atoms with Gasteiger partial charge in [0.05, 0.1) is 12.6 Å². The SMILES string of the molecule is CCN(C)C(=O)CNCCC#N. The third-order valence-corrected chi connectivity index (χ3v) is 1.59. The first kappa shape index (κ1) is 10.9. The van der Waals surface area contributed by atoms with E-state index in [4.69, 9.17) is 5.26 Å². The number of carbonyl (C=O) groups is 1. The second-order valence-corrected chi connectivity index (χ2v) is 2.49. The van der Waals surface area contributed by atoms with E-state index in [1.54, 1.807) is 11.9 Å². The fourth-order valence-corrected chi connectivity index (χ4v) is 0.651. The molecule has 0 bridgehead atoms. The van der Waals surface area contributed by atoms with E-state index in [2.05, 4.69) is 5.32 Å². The average Bonchev–Trinajstić information content (AvgIpc) is 2.10. The van der Waals surface area contributed by atoms with Gasteiger partial charge in [-0.25, -0.2) is 0 Å². The van der Waals surface area contributed by atoms with Gasteiger partial charge in [-0.3, -0.25) is 4.79 Å². The highest BCUT2D eigenvalue weighted by Gasteiger charge is 2.03. The lowest BCUT2D eigenvalue weighted by Crippen LogP contribution is -2.35. The van der Waals surface area contributed by atoms with Crippen molar-refractivity contribution in [3.05, 3.63) is 0 Å². The number of amides is 1. The second kappa shape index (κ2) is 6.62. The van der Waals surface area contributed by atoms with E-state index in [-0.39, 0.29) is 5.91 Å². The number of nitrogens with one attached hydrogen (secondary N) is 1. The Kier molecular flexibility index (Phi) is 6.02. The van der Waals surface area contributed by atoms with E-state index < -0.39 is 0 Å². The molecule has 0 fully saturated rings. The molecule has 0 aliphatic carbocycles. The molecule has 0 aromatic carbocycles. The number of rotatable bonds is 5. The molecule has 1 N–H and O–H groups in total. The maximum atomic E-state index is 11.1. The number of nitrogens with zero attached hydrogens (tertiary/aromatic N) is 2. The van der Waals surface area contributed by atoms with Gasteiger partial charge in [0.1, 0.15) is 0 Å². The van der Waals surface area contributed by atoms with Crippen molar-refractivity contribution in [1.82, 2.24) is 10.2 Å². The lowest BCUT2D eigenvalue weighted by atomic mass is 10.4. The fraction of sp³-hybridized carbons (Fsp3) is 0.750. The van der Waals surface area contributed by atoms with Crippen molar-refractivity contribution in [3.8, 4) is 6.07 Å². The molecule has 0 aromatic rings. The molecule has 0 spiro atoms. The van der Waals surface area contributed by atoms with Crippen molar-refractivity contribution in [2.75, 3.05) is 26.7 Å². The van der Waals surface area contributed by atoms with E-state index in [1.807, 2.05) is 13.0 Å². The Balaban J connectivity index is 3.39. The summed E-state index contributed by atoms with van der Waals surface area (Å²) in [7, 11) is 1.76. The normalized spacial score (nSPS) is 9.08. The summed E-state index contributed by atoms with van der Waals surface area (Å²) in [6.07, 6.45) is 0.448. The Labute approximate surface area is 73.2 Å². The molecule has 4 heteroatoms. The second-order valence-electron chi connectivity index (χ2n) is 2.49. The Morgan fingerprint density at radius 3 is 2.83 bits per heavy atom. The van der Waals surface area contributed by atoms with E-state index in [0.717, 1.165) is 6.54 Å². The number of hydrogen-bond acceptors (Lipinski definition) is 3. The van der Waals surface area contributed by atoms with Crippen LogP contribution in [0, 0.1) is 11.3 Å². The zero-order chi connectivity index (χ0) is 9.40. The monoisotopic (exact) mass is 169 g/mol. The number of nitriles is 1. The van der Waals surface area contributed by atoms with Gasteiger partial charge in [-0.05, 0) is 6.92 Å². The summed E-state index contributed by atoms with van der Waals surface area (Å²) in [4.78, 5) is 12.8. The van der Waals surface area contributed by atoms with Crippen LogP contribution in [0.3, 0.4) is 0 Å². The highest BCUT2D eigenvalue weighted by Crippen LogP contribution is 1.81. The summed E-state index contributed by atoms with van der Waals surface area (Å²) < 4.78 is 0. The van der Waals surface area contributed by atoms with Crippen molar-refractivity contribution >= 4 is 5.91 Å². The van der Waals surface area contributed by atoms with Crippen LogP contribution in [0.5, 0.6) is 0 Å². The minimum absolute atomic E-state index is 0.0652. The summed E-state index contributed by atoms with van der Waals surface area (Å²) in [6.45, 7) is 3.55. The van der Waals surface area contributed by atoms with E-state index in [1.165, 1.54) is 0 Å². The molecular formula is C8H15N3O. The first-order chi connectivity index (χ1) is 5.72. The van der Waals surface area contributed by atoms with Crippen LogP contribution in [0.15, 0.2) is 0 Å². The summed E-state index contributed by atoms with van der Waals surface area (Å²) in [5.74, 6) is 0.0652. The molecule has 0 unspecified atom stereocenters. The van der Waals surface area contributed by atoms with Gasteiger partial charge in [0.25, 0.3) is 0 Å². The van der Waals surface area contributed by atoms with E-state index in [9.17, 15) is 4.79 Å². The maximum absolute atomic E-state index is 11.1. The van der Waals surface area contributed by atoms with Crippen molar-refractivity contribution in [2.24, 2.45) is 0 Å². The number of likely N-dealkylation sites (N-methyl/N-ethyl adjacent to an activating group) is 1. The summed E-state index contributed by atoms with van der Waals surface area (Å²) in [6, 6.07) is 2.00. The molecule has 0 heterocycles. The van der Waals surface area contributed by atoms with Crippen molar-refractivity contribution in [3.63, 3.8) is 0 Å². The van der Waals surface area contributed by atoms with E-state index >= 15 is 0 Å². The van der Waals surface area contributed by atoms with Crippen LogP contribution < -0.4 is 5.32 Å². The Morgan fingerprint density at radius 2 is 2.33 bits per heavy atom. The molecule has 0 saturated carbocycles. The predicted octanol–water partition coefficient (Wildman–Crippen LogP) is -0.0320. The average molecular weight is 169 g/mol. The molecule has 4 nitrogen and oxygen atoms in total. The zero-order valence-corrected chi connectivity index (χ0v) is 7.63. The number of hydrogen-bond donors (Lipinski definition) is 1. The van der Waals surface area contributed by atoms with Crippen LogP contribution in [0.1, 0.15) is 13.3 Å². The predicted molar refractivity (Wildman–Crippen MR) is 46.4 cm³/mol. The molecule has 0 atom stereocenters. The van der Waals surface area contributed by atoms with Gasteiger partial charge >= 0.3 is 0 Å². The molecule has 0 saturated heterocycles. The van der Waals surface area contributed by atoms with Crippen molar-refractivity contribution in [2.45, 2.75) is 13.3 Å². The molecule has 0 aliphatic rings. The molecule has 0 rings (SSSR count). The topological polar surface area (TPSA) is 56.1 Å². The van der Waals surface area contributed by atoms with Crippen molar-refractivity contribution < 1.29 is 4.79 Å². The smallest absolute Gasteiger partial charge is 0.236 e. The Bertz CT molecular complexity index is 174. The summed E-state index contributed by atoms with van der Waals surface area (Å²) in [5.41, 5.74) is 0. The highest BCUT2D eigenvalue weighted by atomic mass is 16.2. The molecule has 12 heavy (non-hydrogen) atoms. The first-order valence-electron chi connectivity index (χ1n) is 4.04. The minimum atomic E-state index is 0.0652. The van der Waals surface area contributed by atoms with Crippen molar-refractivity contribution in [1.29, 1.82) is 5.26 Å². The van der Waals surface area contributed by atoms with Gasteiger partial charge in [-0.1, -0.05) is 0 Å². The maximum Gasteiger partial charge on any atom is 0.236 e. The lowest BCUT2D eigenvalue weighted by molar-refractivity contribution is -0.128. The van der Waals surface area contributed by atoms with Crippen LogP contribution in [-0.4, -0.2) is 37.5 Å². The molecular weight excluding hydrogens is 154 g/mol. The standard InChI is InChI=1S/C8H15N3O/c1-3-11(2)8(12)7-10-6-4-5-9/h10H,3-4,6-7H2,1-2H3. The highest BCUT2D eigenvalue weighted by molar-refractivity contribution is 5.77. The largest absolute Gasteiger partial charge is 0.345 e. The fourth-order valence-electron chi connectivity index (χ4n) is 0.651. The zero-order valence-electron chi connectivity index (χ0n) is 7.63. The molecule has 0 aromatic heterocycles. The van der Waals surface area contributed by atoms with Gasteiger partial charge in [-0.15, -0.1) is 0 Å². The Hall–Kier alpha value is -1.08. The summed E-state index contributed by atoms with van der Waals surface area (Å²) in [5, 5.41) is 11.1. The van der Waals surface area contributed by atoms with Crippen LogP contribution >= 0.6 is 0 Å². The third kappa shape index (κ3) is 4.69. The van der Waals surface area contributed by atoms with Gasteiger partial charge in [0.15, 0.2) is 0 Å².